The summed E-state index contributed by atoms with van der Waals surface area (Å²) in [4.78, 5) is 24.6. The van der Waals surface area contributed by atoms with Gasteiger partial charge in [-0.25, -0.2) is 4.79 Å². The minimum Gasteiger partial charge on any atom is -0.449 e. The highest BCUT2D eigenvalue weighted by Crippen LogP contribution is 2.12. The number of nitrogens with one attached hydrogen (secondary N) is 1. The van der Waals surface area contributed by atoms with Crippen LogP contribution in [0.1, 0.15) is 35.0 Å². The monoisotopic (exact) mass is 368 g/mol. The van der Waals surface area contributed by atoms with Gasteiger partial charge in [-0.3, -0.25) is 9.48 Å². The lowest BCUT2D eigenvalue weighted by atomic mass is 10.1. The van der Waals surface area contributed by atoms with Crippen molar-refractivity contribution in [2.45, 2.75) is 32.9 Å². The Kier molecular flexibility index (Phi) is 5.65. The molecule has 1 amide bonds. The summed E-state index contributed by atoms with van der Waals surface area (Å²) in [7, 11) is 0. The van der Waals surface area contributed by atoms with Gasteiger partial charge in [0.05, 0.1) is 12.1 Å². The van der Waals surface area contributed by atoms with E-state index in [-0.39, 0.29) is 5.82 Å². The number of aromatic nitrogens is 3. The fourth-order valence-corrected chi connectivity index (χ4v) is 2.48. The van der Waals surface area contributed by atoms with E-state index in [1.54, 1.807) is 42.9 Å². The van der Waals surface area contributed by atoms with Gasteiger partial charge < -0.3 is 14.6 Å². The Hall–Kier alpha value is -3.42. The van der Waals surface area contributed by atoms with Crippen molar-refractivity contribution in [1.82, 2.24) is 14.9 Å². The van der Waals surface area contributed by atoms with Crippen LogP contribution in [0.3, 0.4) is 0 Å². The molecule has 0 saturated heterocycles. The van der Waals surface area contributed by atoms with E-state index in [4.69, 9.17) is 9.26 Å². The number of hydrogen-bond acceptors (Lipinski definition) is 6. The van der Waals surface area contributed by atoms with Crippen LogP contribution >= 0.6 is 0 Å². The maximum Gasteiger partial charge on any atom is 0.338 e. The molecule has 8 nitrogen and oxygen atoms in total. The number of carbonyl (C=O) groups is 2. The summed E-state index contributed by atoms with van der Waals surface area (Å²) in [6.45, 7) is 4.09. The fourth-order valence-electron chi connectivity index (χ4n) is 2.48. The number of ether oxygens (including phenoxy) is 1. The number of rotatable bonds is 7. The number of nitrogens with zero attached hydrogens (tertiary/aromatic N) is 3. The average Bonchev–Trinajstić information content (AvgIpc) is 3.31. The molecule has 0 aliphatic heterocycles. The van der Waals surface area contributed by atoms with E-state index in [1.165, 1.54) is 0 Å². The highest BCUT2D eigenvalue weighted by atomic mass is 16.5. The Labute approximate surface area is 156 Å². The molecule has 3 rings (SSSR count). The second-order valence-electron chi connectivity index (χ2n) is 6.01. The van der Waals surface area contributed by atoms with Gasteiger partial charge in [-0.1, -0.05) is 24.2 Å². The zero-order valence-corrected chi connectivity index (χ0v) is 15.1. The van der Waals surface area contributed by atoms with Gasteiger partial charge in [0.2, 0.25) is 0 Å². The van der Waals surface area contributed by atoms with E-state index in [0.717, 1.165) is 5.56 Å². The van der Waals surface area contributed by atoms with Crippen molar-refractivity contribution in [2.24, 2.45) is 0 Å². The Balaban J connectivity index is 1.59. The molecule has 1 unspecified atom stereocenters. The topological polar surface area (TPSA) is 99.2 Å². The smallest absolute Gasteiger partial charge is 0.338 e. The Morgan fingerprint density at radius 3 is 2.67 bits per heavy atom. The molecule has 0 radical (unpaired) electrons. The van der Waals surface area contributed by atoms with Crippen LogP contribution in [-0.2, 0) is 16.1 Å². The lowest BCUT2D eigenvalue weighted by Gasteiger charge is -2.15. The normalized spacial score (nSPS) is 11.8. The third kappa shape index (κ3) is 4.81. The standard InChI is InChI=1S/C19H20N4O4/c1-3-16(18(24)21-17-11-13(2)27-22-17)26-19(25)15-7-5-14(6-8-15)12-23-10-4-9-20-23/h4-11,16H,3,12H2,1-2H3,(H,21,22,24). The third-order valence-corrected chi connectivity index (χ3v) is 3.89. The molecule has 0 aliphatic rings. The average molecular weight is 368 g/mol. The van der Waals surface area contributed by atoms with E-state index in [1.807, 2.05) is 24.4 Å². The molecular formula is C19H20N4O4. The first-order valence-electron chi connectivity index (χ1n) is 8.56. The van der Waals surface area contributed by atoms with Gasteiger partial charge in [0.25, 0.3) is 5.91 Å². The maximum atomic E-state index is 12.3. The van der Waals surface area contributed by atoms with Crippen molar-refractivity contribution >= 4 is 17.7 Å². The van der Waals surface area contributed by atoms with E-state index in [2.05, 4.69) is 15.6 Å². The molecule has 140 valence electrons. The van der Waals surface area contributed by atoms with Crippen molar-refractivity contribution in [2.75, 3.05) is 5.32 Å². The molecule has 27 heavy (non-hydrogen) atoms. The summed E-state index contributed by atoms with van der Waals surface area (Å²) in [5, 5.41) is 10.4. The van der Waals surface area contributed by atoms with Gasteiger partial charge in [-0.2, -0.15) is 5.10 Å². The predicted octanol–water partition coefficient (Wildman–Crippen LogP) is 2.80. The van der Waals surface area contributed by atoms with Crippen LogP contribution in [0.2, 0.25) is 0 Å². The highest BCUT2D eigenvalue weighted by molar-refractivity contribution is 5.97. The number of amides is 1. The van der Waals surface area contributed by atoms with Crippen LogP contribution in [0, 0.1) is 6.92 Å². The zero-order chi connectivity index (χ0) is 19.2. The minimum absolute atomic E-state index is 0.287. The van der Waals surface area contributed by atoms with Crippen LogP contribution in [0.4, 0.5) is 5.82 Å². The first-order chi connectivity index (χ1) is 13.0. The van der Waals surface area contributed by atoms with Gasteiger partial charge in [0, 0.05) is 18.5 Å². The fraction of sp³-hybridized carbons (Fsp3) is 0.263. The van der Waals surface area contributed by atoms with Gasteiger partial charge in [-0.15, -0.1) is 0 Å². The lowest BCUT2D eigenvalue weighted by molar-refractivity contribution is -0.124. The number of anilines is 1. The highest BCUT2D eigenvalue weighted by Gasteiger charge is 2.23. The first-order valence-corrected chi connectivity index (χ1v) is 8.56. The first kappa shape index (κ1) is 18.4. The SMILES string of the molecule is CCC(OC(=O)c1ccc(Cn2cccn2)cc1)C(=O)Nc1cc(C)on1. The van der Waals surface area contributed by atoms with E-state index >= 15 is 0 Å². The molecule has 8 heteroatoms. The summed E-state index contributed by atoms with van der Waals surface area (Å²) >= 11 is 0. The molecule has 2 heterocycles. The Bertz CT molecular complexity index is 900. The molecule has 0 saturated carbocycles. The van der Waals surface area contributed by atoms with Crippen LogP contribution in [0.5, 0.6) is 0 Å². The van der Waals surface area contributed by atoms with Crippen LogP contribution in [0.25, 0.3) is 0 Å². The largest absolute Gasteiger partial charge is 0.449 e. The molecule has 1 N–H and O–H groups in total. The van der Waals surface area contributed by atoms with Crippen molar-refractivity contribution in [3.05, 3.63) is 65.7 Å². The Morgan fingerprint density at radius 2 is 2.07 bits per heavy atom. The lowest BCUT2D eigenvalue weighted by Crippen LogP contribution is -2.32. The summed E-state index contributed by atoms with van der Waals surface area (Å²) in [5.41, 5.74) is 1.38. The number of hydrogen-bond donors (Lipinski definition) is 1. The van der Waals surface area contributed by atoms with Crippen molar-refractivity contribution in [3.8, 4) is 0 Å². The van der Waals surface area contributed by atoms with Crippen molar-refractivity contribution < 1.29 is 18.8 Å². The zero-order valence-electron chi connectivity index (χ0n) is 15.1. The molecule has 2 aromatic heterocycles. The van der Waals surface area contributed by atoms with Gasteiger partial charge in [0.15, 0.2) is 11.9 Å². The molecule has 3 aromatic rings. The van der Waals surface area contributed by atoms with Crippen molar-refractivity contribution in [3.63, 3.8) is 0 Å². The quantitative estimate of drug-likeness (QED) is 0.644. The maximum absolute atomic E-state index is 12.3. The van der Waals surface area contributed by atoms with E-state index in [0.29, 0.717) is 24.3 Å². The second-order valence-corrected chi connectivity index (χ2v) is 6.01. The predicted molar refractivity (Wildman–Crippen MR) is 97.1 cm³/mol. The molecule has 1 atom stereocenters. The van der Waals surface area contributed by atoms with Crippen molar-refractivity contribution in [1.29, 1.82) is 0 Å². The molecule has 0 bridgehead atoms. The van der Waals surface area contributed by atoms with Crippen LogP contribution in [-0.4, -0.2) is 32.9 Å². The number of aryl methyl sites for hydroxylation is 1. The number of carbonyl (C=O) groups excluding carboxylic acids is 2. The summed E-state index contributed by atoms with van der Waals surface area (Å²) in [5.74, 6) is -0.144. The molecule has 0 spiro atoms. The van der Waals surface area contributed by atoms with Crippen LogP contribution in [0.15, 0.2) is 53.3 Å². The van der Waals surface area contributed by atoms with Gasteiger partial charge in [0.1, 0.15) is 5.76 Å². The summed E-state index contributed by atoms with van der Waals surface area (Å²) in [6.07, 6.45) is 3.00. The summed E-state index contributed by atoms with van der Waals surface area (Å²) < 4.78 is 12.0. The second kappa shape index (κ2) is 8.31. The third-order valence-electron chi connectivity index (χ3n) is 3.89. The van der Waals surface area contributed by atoms with Gasteiger partial charge >= 0.3 is 5.97 Å². The molecule has 0 aliphatic carbocycles. The molecular weight excluding hydrogens is 348 g/mol. The summed E-state index contributed by atoms with van der Waals surface area (Å²) in [6, 6.07) is 10.4. The van der Waals surface area contributed by atoms with E-state index in [9.17, 15) is 9.59 Å². The van der Waals surface area contributed by atoms with Gasteiger partial charge in [-0.05, 0) is 37.1 Å². The minimum atomic E-state index is -0.918. The Morgan fingerprint density at radius 1 is 1.30 bits per heavy atom. The van der Waals surface area contributed by atoms with E-state index < -0.39 is 18.0 Å². The number of benzene rings is 1. The number of esters is 1. The molecule has 0 fully saturated rings. The van der Waals surface area contributed by atoms with Crippen LogP contribution < -0.4 is 5.32 Å². The molecule has 1 aromatic carbocycles.